The summed E-state index contributed by atoms with van der Waals surface area (Å²) in [7, 11) is 0. The maximum Gasteiger partial charge on any atom is 0.260 e. The molecule has 5 nitrogen and oxygen atoms in total. The zero-order chi connectivity index (χ0) is 16.8. The number of hydrogen-bond donors (Lipinski definition) is 1. The van der Waals surface area contributed by atoms with E-state index in [2.05, 4.69) is 10.2 Å². The van der Waals surface area contributed by atoms with Crippen LogP contribution in [0.3, 0.4) is 0 Å². The Balaban J connectivity index is 0.00000225. The van der Waals surface area contributed by atoms with Crippen LogP contribution in [0.25, 0.3) is 0 Å². The fourth-order valence-electron chi connectivity index (χ4n) is 3.48. The second kappa shape index (κ2) is 10.00. The standard InChI is InChI=1S/C19H29N3O2.ClH/c1-16-2-4-18(5-3-16)24-15-19(23)22-12-10-21(11-13-22)14-17-6-8-20-9-7-17;/h2-5,17,20H,6-15H2,1H3;1H. The highest BCUT2D eigenvalue weighted by molar-refractivity contribution is 5.85. The molecule has 6 heteroatoms. The van der Waals surface area contributed by atoms with Crippen molar-refractivity contribution in [3.63, 3.8) is 0 Å². The zero-order valence-electron chi connectivity index (χ0n) is 15.1. The number of nitrogens with zero attached hydrogens (tertiary/aromatic N) is 2. The predicted octanol–water partition coefficient (Wildman–Crippen LogP) is 1.94. The van der Waals surface area contributed by atoms with Gasteiger partial charge in [0.2, 0.25) is 0 Å². The summed E-state index contributed by atoms with van der Waals surface area (Å²) in [6.45, 7) is 9.28. The van der Waals surface area contributed by atoms with Crippen molar-refractivity contribution in [3.8, 4) is 5.75 Å². The van der Waals surface area contributed by atoms with Crippen LogP contribution >= 0.6 is 12.4 Å². The lowest BCUT2D eigenvalue weighted by Crippen LogP contribution is -2.51. The smallest absolute Gasteiger partial charge is 0.260 e. The van der Waals surface area contributed by atoms with Gasteiger partial charge in [0.15, 0.2) is 6.61 Å². The van der Waals surface area contributed by atoms with Gasteiger partial charge in [-0.2, -0.15) is 0 Å². The Morgan fingerprint density at radius 3 is 2.40 bits per heavy atom. The highest BCUT2D eigenvalue weighted by atomic mass is 35.5. The number of amides is 1. The number of hydrogen-bond acceptors (Lipinski definition) is 4. The first-order chi connectivity index (χ1) is 11.7. The molecule has 0 radical (unpaired) electrons. The van der Waals surface area contributed by atoms with Gasteiger partial charge in [-0.25, -0.2) is 0 Å². The largest absolute Gasteiger partial charge is 0.484 e. The molecule has 1 N–H and O–H groups in total. The lowest BCUT2D eigenvalue weighted by atomic mass is 9.97. The van der Waals surface area contributed by atoms with E-state index < -0.39 is 0 Å². The first-order valence-electron chi connectivity index (χ1n) is 9.11. The van der Waals surface area contributed by atoms with E-state index in [4.69, 9.17) is 4.74 Å². The van der Waals surface area contributed by atoms with Crippen LogP contribution in [0.5, 0.6) is 5.75 Å². The number of rotatable bonds is 5. The topological polar surface area (TPSA) is 44.8 Å². The molecule has 2 aliphatic heterocycles. The Labute approximate surface area is 157 Å². The lowest BCUT2D eigenvalue weighted by Gasteiger charge is -2.37. The van der Waals surface area contributed by atoms with Crippen LogP contribution in [-0.2, 0) is 4.79 Å². The molecule has 1 aromatic rings. The number of aryl methyl sites for hydroxylation is 1. The Morgan fingerprint density at radius 1 is 1.12 bits per heavy atom. The molecule has 0 spiro atoms. The maximum absolute atomic E-state index is 12.3. The van der Waals surface area contributed by atoms with E-state index in [1.807, 2.05) is 36.1 Å². The van der Waals surface area contributed by atoms with Crippen molar-refractivity contribution in [1.29, 1.82) is 0 Å². The van der Waals surface area contributed by atoms with Crippen molar-refractivity contribution in [3.05, 3.63) is 29.8 Å². The number of carbonyl (C=O) groups is 1. The SMILES string of the molecule is Cc1ccc(OCC(=O)N2CCN(CC3CCNCC3)CC2)cc1.Cl. The Kier molecular flexibility index (Phi) is 8.00. The normalized spacial score (nSPS) is 19.3. The van der Waals surface area contributed by atoms with E-state index in [9.17, 15) is 4.79 Å². The van der Waals surface area contributed by atoms with Gasteiger partial charge in [0, 0.05) is 32.7 Å². The maximum atomic E-state index is 12.3. The molecular weight excluding hydrogens is 338 g/mol. The van der Waals surface area contributed by atoms with Crippen molar-refractivity contribution in [2.75, 3.05) is 52.4 Å². The molecule has 140 valence electrons. The van der Waals surface area contributed by atoms with Gasteiger partial charge in [0.25, 0.3) is 5.91 Å². The van der Waals surface area contributed by atoms with Gasteiger partial charge in [-0.1, -0.05) is 17.7 Å². The van der Waals surface area contributed by atoms with Crippen molar-refractivity contribution in [1.82, 2.24) is 15.1 Å². The van der Waals surface area contributed by atoms with Gasteiger partial charge < -0.3 is 15.0 Å². The van der Waals surface area contributed by atoms with Gasteiger partial charge >= 0.3 is 0 Å². The first kappa shape index (κ1) is 20.0. The fraction of sp³-hybridized carbons (Fsp3) is 0.632. The number of nitrogens with one attached hydrogen (secondary N) is 1. The summed E-state index contributed by atoms with van der Waals surface area (Å²) in [5, 5.41) is 3.42. The van der Waals surface area contributed by atoms with E-state index in [-0.39, 0.29) is 24.9 Å². The number of piperidine rings is 1. The molecule has 3 rings (SSSR count). The molecule has 0 atom stereocenters. The molecule has 2 aliphatic rings. The minimum Gasteiger partial charge on any atom is -0.484 e. The van der Waals surface area contributed by atoms with E-state index in [1.54, 1.807) is 0 Å². The van der Waals surface area contributed by atoms with E-state index in [0.29, 0.717) is 0 Å². The van der Waals surface area contributed by atoms with Crippen molar-refractivity contribution >= 4 is 18.3 Å². The molecule has 0 aromatic heterocycles. The second-order valence-electron chi connectivity index (χ2n) is 6.98. The summed E-state index contributed by atoms with van der Waals surface area (Å²) in [4.78, 5) is 16.8. The summed E-state index contributed by atoms with van der Waals surface area (Å²) in [6, 6.07) is 7.83. The molecule has 2 saturated heterocycles. The van der Waals surface area contributed by atoms with Crippen LogP contribution < -0.4 is 10.1 Å². The van der Waals surface area contributed by atoms with Crippen molar-refractivity contribution in [2.24, 2.45) is 5.92 Å². The molecule has 1 amide bonds. The van der Waals surface area contributed by atoms with Gasteiger partial charge in [0.1, 0.15) is 5.75 Å². The number of carbonyl (C=O) groups excluding carboxylic acids is 1. The number of piperazine rings is 1. The van der Waals surface area contributed by atoms with Gasteiger partial charge in [-0.05, 0) is 50.9 Å². The minimum atomic E-state index is 0. The third kappa shape index (κ3) is 6.17. The number of halogens is 1. The van der Waals surface area contributed by atoms with Gasteiger partial charge in [-0.15, -0.1) is 12.4 Å². The Hall–Kier alpha value is -1.30. The van der Waals surface area contributed by atoms with Crippen LogP contribution in [0, 0.1) is 12.8 Å². The highest BCUT2D eigenvalue weighted by Crippen LogP contribution is 2.15. The average molecular weight is 368 g/mol. The van der Waals surface area contributed by atoms with Crippen LogP contribution in [0.2, 0.25) is 0 Å². The second-order valence-corrected chi connectivity index (χ2v) is 6.98. The molecule has 25 heavy (non-hydrogen) atoms. The van der Waals surface area contributed by atoms with E-state index in [0.717, 1.165) is 50.9 Å². The monoisotopic (exact) mass is 367 g/mol. The zero-order valence-corrected chi connectivity index (χ0v) is 15.9. The molecule has 0 bridgehead atoms. The summed E-state index contributed by atoms with van der Waals surface area (Å²) < 4.78 is 5.61. The average Bonchev–Trinajstić information content (AvgIpc) is 2.62. The quantitative estimate of drug-likeness (QED) is 0.863. The number of benzene rings is 1. The molecule has 2 fully saturated rings. The lowest BCUT2D eigenvalue weighted by molar-refractivity contribution is -0.135. The van der Waals surface area contributed by atoms with Crippen LogP contribution in [0.1, 0.15) is 18.4 Å². The Bertz CT molecular complexity index is 524. The summed E-state index contributed by atoms with van der Waals surface area (Å²) in [5.41, 5.74) is 1.19. The van der Waals surface area contributed by atoms with Crippen molar-refractivity contribution < 1.29 is 9.53 Å². The summed E-state index contributed by atoms with van der Waals surface area (Å²) >= 11 is 0. The fourth-order valence-corrected chi connectivity index (χ4v) is 3.48. The van der Waals surface area contributed by atoms with E-state index in [1.165, 1.54) is 24.9 Å². The molecule has 0 unspecified atom stereocenters. The van der Waals surface area contributed by atoms with Crippen LogP contribution in [0.15, 0.2) is 24.3 Å². The van der Waals surface area contributed by atoms with E-state index >= 15 is 0 Å². The first-order valence-corrected chi connectivity index (χ1v) is 9.11. The Morgan fingerprint density at radius 2 is 1.76 bits per heavy atom. The summed E-state index contributed by atoms with van der Waals surface area (Å²) in [6.07, 6.45) is 2.56. The summed E-state index contributed by atoms with van der Waals surface area (Å²) in [5.74, 6) is 1.67. The third-order valence-electron chi connectivity index (χ3n) is 5.08. The van der Waals surface area contributed by atoms with Crippen LogP contribution in [0.4, 0.5) is 0 Å². The molecule has 1 aromatic carbocycles. The minimum absolute atomic E-state index is 0. The van der Waals surface area contributed by atoms with Crippen molar-refractivity contribution in [2.45, 2.75) is 19.8 Å². The number of ether oxygens (including phenoxy) is 1. The third-order valence-corrected chi connectivity index (χ3v) is 5.08. The molecule has 2 heterocycles. The predicted molar refractivity (Wildman–Crippen MR) is 103 cm³/mol. The molecule has 0 saturated carbocycles. The van der Waals surface area contributed by atoms with Gasteiger partial charge in [-0.3, -0.25) is 9.69 Å². The molecular formula is C19H30ClN3O2. The van der Waals surface area contributed by atoms with Crippen LogP contribution in [-0.4, -0.2) is 68.1 Å². The highest BCUT2D eigenvalue weighted by Gasteiger charge is 2.24. The molecule has 0 aliphatic carbocycles. The van der Waals surface area contributed by atoms with Gasteiger partial charge in [0.05, 0.1) is 0 Å².